The molecule has 1 atom stereocenters. The third-order valence-electron chi connectivity index (χ3n) is 2.86. The Kier molecular flexibility index (Phi) is 4.47. The molecular formula is C11H23NO2S. The fraction of sp³-hybridized carbons (Fsp3) is 1.00. The highest BCUT2D eigenvalue weighted by Crippen LogP contribution is 2.33. The molecule has 3 nitrogen and oxygen atoms in total. The summed E-state index contributed by atoms with van der Waals surface area (Å²) >= 11 is 1.95. The fourth-order valence-electron chi connectivity index (χ4n) is 1.99. The van der Waals surface area contributed by atoms with Crippen molar-refractivity contribution in [3.05, 3.63) is 0 Å². The normalized spacial score (nSPS) is 26.6. The van der Waals surface area contributed by atoms with Gasteiger partial charge in [0.05, 0.1) is 18.8 Å². The largest absolute Gasteiger partial charge is 0.394 e. The SMILES string of the molecule is CC1(C)CSCC(NC(C)(CO)CO)C1. The molecule has 1 aliphatic rings. The lowest BCUT2D eigenvalue weighted by atomic mass is 9.87. The van der Waals surface area contributed by atoms with Gasteiger partial charge in [-0.1, -0.05) is 13.8 Å². The standard InChI is InChI=1S/C11H23NO2S/c1-10(2)4-9(5-15-8-10)12-11(3,6-13)7-14/h9,12-14H,4-8H2,1-3H3. The van der Waals surface area contributed by atoms with E-state index in [0.717, 1.165) is 12.2 Å². The van der Waals surface area contributed by atoms with Gasteiger partial charge in [0.1, 0.15) is 0 Å². The van der Waals surface area contributed by atoms with Crippen LogP contribution in [0, 0.1) is 5.41 Å². The molecule has 1 saturated heterocycles. The maximum Gasteiger partial charge on any atom is 0.0633 e. The Morgan fingerprint density at radius 3 is 2.47 bits per heavy atom. The molecule has 0 radical (unpaired) electrons. The zero-order valence-corrected chi connectivity index (χ0v) is 10.7. The van der Waals surface area contributed by atoms with E-state index < -0.39 is 5.54 Å². The summed E-state index contributed by atoms with van der Waals surface area (Å²) in [5.41, 5.74) is -0.189. The van der Waals surface area contributed by atoms with Crippen molar-refractivity contribution in [3.63, 3.8) is 0 Å². The zero-order chi connectivity index (χ0) is 11.5. The van der Waals surface area contributed by atoms with Crippen molar-refractivity contribution < 1.29 is 10.2 Å². The lowest BCUT2D eigenvalue weighted by Gasteiger charge is -2.39. The van der Waals surface area contributed by atoms with E-state index in [4.69, 9.17) is 0 Å². The Hall–Kier alpha value is 0.230. The molecule has 90 valence electrons. The van der Waals surface area contributed by atoms with Gasteiger partial charge in [-0.3, -0.25) is 0 Å². The fourth-order valence-corrected chi connectivity index (χ4v) is 3.26. The van der Waals surface area contributed by atoms with Crippen LogP contribution in [0.25, 0.3) is 0 Å². The third-order valence-corrected chi connectivity index (χ3v) is 4.49. The van der Waals surface area contributed by atoms with Crippen LogP contribution in [-0.4, -0.2) is 46.5 Å². The van der Waals surface area contributed by atoms with Crippen molar-refractivity contribution in [3.8, 4) is 0 Å². The Bertz CT molecular complexity index is 205. The van der Waals surface area contributed by atoms with Crippen LogP contribution in [0.1, 0.15) is 27.2 Å². The summed E-state index contributed by atoms with van der Waals surface area (Å²) in [5.74, 6) is 2.26. The molecule has 0 aromatic carbocycles. The molecule has 3 N–H and O–H groups in total. The van der Waals surface area contributed by atoms with Gasteiger partial charge in [0.2, 0.25) is 0 Å². The summed E-state index contributed by atoms with van der Waals surface area (Å²) in [6.45, 7) is 6.35. The topological polar surface area (TPSA) is 52.5 Å². The van der Waals surface area contributed by atoms with Crippen LogP contribution in [-0.2, 0) is 0 Å². The summed E-state index contributed by atoms with van der Waals surface area (Å²) in [6.07, 6.45) is 1.11. The Morgan fingerprint density at radius 2 is 2.00 bits per heavy atom. The Labute approximate surface area is 96.6 Å². The molecule has 0 bridgehead atoms. The molecule has 0 saturated carbocycles. The van der Waals surface area contributed by atoms with Crippen molar-refractivity contribution in [2.24, 2.45) is 5.41 Å². The number of aliphatic hydroxyl groups excluding tert-OH is 2. The van der Waals surface area contributed by atoms with Crippen LogP contribution >= 0.6 is 11.8 Å². The van der Waals surface area contributed by atoms with Gasteiger partial charge >= 0.3 is 0 Å². The van der Waals surface area contributed by atoms with Gasteiger partial charge in [0.25, 0.3) is 0 Å². The van der Waals surface area contributed by atoms with Crippen LogP contribution < -0.4 is 5.32 Å². The summed E-state index contributed by atoms with van der Waals surface area (Å²) in [5, 5.41) is 21.8. The van der Waals surface area contributed by atoms with Crippen LogP contribution in [0.15, 0.2) is 0 Å². The maximum absolute atomic E-state index is 9.22. The Morgan fingerprint density at radius 1 is 1.40 bits per heavy atom. The predicted molar refractivity (Wildman–Crippen MR) is 65.2 cm³/mol. The van der Waals surface area contributed by atoms with E-state index >= 15 is 0 Å². The van der Waals surface area contributed by atoms with Gasteiger partial charge in [0.15, 0.2) is 0 Å². The number of hydrogen-bond acceptors (Lipinski definition) is 4. The van der Waals surface area contributed by atoms with Gasteiger partial charge in [-0.2, -0.15) is 11.8 Å². The number of nitrogens with one attached hydrogen (secondary N) is 1. The number of thioether (sulfide) groups is 1. The first kappa shape index (κ1) is 13.3. The first-order chi connectivity index (χ1) is 6.91. The van der Waals surface area contributed by atoms with Crippen molar-refractivity contribution in [1.29, 1.82) is 0 Å². The summed E-state index contributed by atoms with van der Waals surface area (Å²) in [7, 11) is 0. The lowest BCUT2D eigenvalue weighted by molar-refractivity contribution is 0.0899. The van der Waals surface area contributed by atoms with E-state index in [1.54, 1.807) is 0 Å². The van der Waals surface area contributed by atoms with Crippen LogP contribution in [0.5, 0.6) is 0 Å². The predicted octanol–water partition coefficient (Wildman–Crippen LogP) is 0.851. The molecule has 1 heterocycles. The number of rotatable bonds is 4. The molecule has 1 aliphatic heterocycles. The average molecular weight is 233 g/mol. The first-order valence-corrected chi connectivity index (χ1v) is 6.63. The monoisotopic (exact) mass is 233 g/mol. The quantitative estimate of drug-likeness (QED) is 0.674. The molecule has 15 heavy (non-hydrogen) atoms. The average Bonchev–Trinajstić information content (AvgIpc) is 2.16. The van der Waals surface area contributed by atoms with E-state index in [9.17, 15) is 10.2 Å². The smallest absolute Gasteiger partial charge is 0.0633 e. The van der Waals surface area contributed by atoms with Gasteiger partial charge in [-0.15, -0.1) is 0 Å². The highest BCUT2D eigenvalue weighted by atomic mass is 32.2. The molecule has 0 aromatic heterocycles. The molecule has 0 aromatic rings. The van der Waals surface area contributed by atoms with Crippen molar-refractivity contribution in [2.75, 3.05) is 24.7 Å². The number of hydrogen-bond donors (Lipinski definition) is 3. The van der Waals surface area contributed by atoms with E-state index in [1.165, 1.54) is 5.75 Å². The van der Waals surface area contributed by atoms with Gasteiger partial charge in [-0.05, 0) is 24.5 Å². The van der Waals surface area contributed by atoms with Crippen molar-refractivity contribution >= 4 is 11.8 Å². The van der Waals surface area contributed by atoms with Gasteiger partial charge in [-0.25, -0.2) is 0 Å². The minimum Gasteiger partial charge on any atom is -0.394 e. The van der Waals surface area contributed by atoms with Gasteiger partial charge in [0, 0.05) is 11.8 Å². The summed E-state index contributed by atoms with van der Waals surface area (Å²) in [6, 6.07) is 0.392. The second-order valence-corrected chi connectivity index (χ2v) is 6.63. The molecule has 4 heteroatoms. The van der Waals surface area contributed by atoms with Crippen molar-refractivity contribution in [2.45, 2.75) is 38.8 Å². The molecule has 1 rings (SSSR count). The van der Waals surface area contributed by atoms with E-state index in [0.29, 0.717) is 11.5 Å². The summed E-state index contributed by atoms with van der Waals surface area (Å²) < 4.78 is 0. The molecule has 0 spiro atoms. The van der Waals surface area contributed by atoms with Crippen LogP contribution in [0.2, 0.25) is 0 Å². The zero-order valence-electron chi connectivity index (χ0n) is 9.92. The lowest BCUT2D eigenvalue weighted by Crippen LogP contribution is -2.56. The van der Waals surface area contributed by atoms with Crippen LogP contribution in [0.4, 0.5) is 0 Å². The van der Waals surface area contributed by atoms with Gasteiger partial charge < -0.3 is 15.5 Å². The minimum atomic E-state index is -0.543. The molecule has 1 fully saturated rings. The highest BCUT2D eigenvalue weighted by Gasteiger charge is 2.32. The highest BCUT2D eigenvalue weighted by molar-refractivity contribution is 7.99. The molecule has 0 amide bonds. The minimum absolute atomic E-state index is 0.0227. The second kappa shape index (κ2) is 5.04. The van der Waals surface area contributed by atoms with E-state index in [-0.39, 0.29) is 13.2 Å². The third kappa shape index (κ3) is 3.94. The van der Waals surface area contributed by atoms with E-state index in [2.05, 4.69) is 19.2 Å². The number of aliphatic hydroxyl groups is 2. The second-order valence-electron chi connectivity index (χ2n) is 5.60. The summed E-state index contributed by atoms with van der Waals surface area (Å²) in [4.78, 5) is 0. The maximum atomic E-state index is 9.22. The van der Waals surface area contributed by atoms with Crippen molar-refractivity contribution in [1.82, 2.24) is 5.32 Å². The molecule has 0 aliphatic carbocycles. The molecule has 1 unspecified atom stereocenters. The van der Waals surface area contributed by atoms with Crippen LogP contribution in [0.3, 0.4) is 0 Å². The first-order valence-electron chi connectivity index (χ1n) is 5.48. The Balaban J connectivity index is 2.51. The molecular weight excluding hydrogens is 210 g/mol. The van der Waals surface area contributed by atoms with E-state index in [1.807, 2.05) is 18.7 Å².